The van der Waals surface area contributed by atoms with Gasteiger partial charge < -0.3 is 10.6 Å². The minimum atomic E-state index is 1.07. The molecule has 3 aromatic carbocycles. The highest BCUT2D eigenvalue weighted by molar-refractivity contribution is 5.67. The molecule has 0 saturated heterocycles. The van der Waals surface area contributed by atoms with E-state index in [1.807, 2.05) is 0 Å². The summed E-state index contributed by atoms with van der Waals surface area (Å²) in [7, 11) is 0. The van der Waals surface area contributed by atoms with Crippen LogP contribution in [0.2, 0.25) is 0 Å². The van der Waals surface area contributed by atoms with Gasteiger partial charge >= 0.3 is 0 Å². The molecule has 0 aromatic heterocycles. The quantitative estimate of drug-likeness (QED) is 0.507. The highest BCUT2D eigenvalue weighted by atomic mass is 14.9. The van der Waals surface area contributed by atoms with Gasteiger partial charge in [-0.15, -0.1) is 0 Å². The predicted octanol–water partition coefficient (Wildman–Crippen LogP) is 6.92. The van der Waals surface area contributed by atoms with Crippen molar-refractivity contribution in [2.24, 2.45) is 0 Å². The van der Waals surface area contributed by atoms with Crippen molar-refractivity contribution in [2.75, 3.05) is 10.6 Å². The van der Waals surface area contributed by atoms with E-state index in [1.165, 1.54) is 22.3 Å². The van der Waals surface area contributed by atoms with Gasteiger partial charge in [0.1, 0.15) is 0 Å². The maximum Gasteiger partial charge on any atom is 0.0387 e. The number of nitrogens with one attached hydrogen (secondary N) is 2. The van der Waals surface area contributed by atoms with Gasteiger partial charge in [-0.3, -0.25) is 0 Å². The Morgan fingerprint density at radius 3 is 1.19 bits per heavy atom. The minimum absolute atomic E-state index is 1.07. The van der Waals surface area contributed by atoms with Crippen LogP contribution in [0.5, 0.6) is 0 Å². The number of aryl methyl sites for hydroxylation is 4. The van der Waals surface area contributed by atoms with Crippen molar-refractivity contribution in [2.45, 2.75) is 40.5 Å². The molecule has 0 spiro atoms. The molecule has 3 aromatic rings. The second-order valence-electron chi connectivity index (χ2n) is 6.82. The fraction of sp³-hybridized carbons (Fsp3) is 0.250. The van der Waals surface area contributed by atoms with Crippen LogP contribution >= 0.6 is 0 Å². The van der Waals surface area contributed by atoms with Crippen molar-refractivity contribution >= 4 is 22.7 Å². The summed E-state index contributed by atoms with van der Waals surface area (Å²) in [5.74, 6) is 0. The normalized spacial score (nSPS) is 10.6. The zero-order chi connectivity index (χ0) is 18.5. The van der Waals surface area contributed by atoms with E-state index >= 15 is 0 Å². The third-order valence-electron chi connectivity index (χ3n) is 4.91. The molecule has 134 valence electrons. The van der Waals surface area contributed by atoms with Crippen molar-refractivity contribution in [1.82, 2.24) is 0 Å². The summed E-state index contributed by atoms with van der Waals surface area (Å²) in [5.41, 5.74) is 9.92. The molecule has 0 saturated carbocycles. The third-order valence-corrected chi connectivity index (χ3v) is 4.91. The SMILES string of the molecule is CCc1ccc(Nc2ccc(Nc3ccc(CC)c(C)c3)cc2)cc1C. The topological polar surface area (TPSA) is 24.1 Å². The maximum absolute atomic E-state index is 3.48. The highest BCUT2D eigenvalue weighted by Gasteiger charge is 2.02. The van der Waals surface area contributed by atoms with Gasteiger partial charge in [0.05, 0.1) is 0 Å². The van der Waals surface area contributed by atoms with E-state index in [2.05, 4.69) is 99.0 Å². The first-order valence-corrected chi connectivity index (χ1v) is 9.42. The minimum Gasteiger partial charge on any atom is -0.356 e. The van der Waals surface area contributed by atoms with E-state index in [1.54, 1.807) is 0 Å². The first-order chi connectivity index (χ1) is 12.6. The summed E-state index contributed by atoms with van der Waals surface area (Å²) >= 11 is 0. The molecule has 0 atom stereocenters. The van der Waals surface area contributed by atoms with E-state index in [4.69, 9.17) is 0 Å². The molecule has 2 N–H and O–H groups in total. The van der Waals surface area contributed by atoms with Gasteiger partial charge in [0, 0.05) is 22.7 Å². The van der Waals surface area contributed by atoms with Crippen LogP contribution in [-0.4, -0.2) is 0 Å². The molecule has 2 nitrogen and oxygen atoms in total. The van der Waals surface area contributed by atoms with Gasteiger partial charge in [0.15, 0.2) is 0 Å². The van der Waals surface area contributed by atoms with E-state index < -0.39 is 0 Å². The average molecular weight is 345 g/mol. The van der Waals surface area contributed by atoms with Crippen molar-refractivity contribution in [3.05, 3.63) is 82.9 Å². The van der Waals surface area contributed by atoms with E-state index in [9.17, 15) is 0 Å². The van der Waals surface area contributed by atoms with Gasteiger partial charge in [-0.25, -0.2) is 0 Å². The lowest BCUT2D eigenvalue weighted by molar-refractivity contribution is 1.11. The van der Waals surface area contributed by atoms with Gasteiger partial charge in [0.2, 0.25) is 0 Å². The molecular formula is C24H28N2. The summed E-state index contributed by atoms with van der Waals surface area (Å²) in [4.78, 5) is 0. The van der Waals surface area contributed by atoms with Gasteiger partial charge in [-0.1, -0.05) is 26.0 Å². The second-order valence-corrected chi connectivity index (χ2v) is 6.82. The smallest absolute Gasteiger partial charge is 0.0387 e. The summed E-state index contributed by atoms with van der Waals surface area (Å²) in [6.07, 6.45) is 2.15. The van der Waals surface area contributed by atoms with Crippen LogP contribution in [0, 0.1) is 13.8 Å². The maximum atomic E-state index is 3.48. The molecule has 26 heavy (non-hydrogen) atoms. The van der Waals surface area contributed by atoms with Gasteiger partial charge in [-0.05, 0) is 97.5 Å². The average Bonchev–Trinajstić information content (AvgIpc) is 2.64. The fourth-order valence-corrected chi connectivity index (χ4v) is 3.31. The summed E-state index contributed by atoms with van der Waals surface area (Å²) in [5, 5.41) is 6.97. The van der Waals surface area contributed by atoms with Crippen molar-refractivity contribution in [3.63, 3.8) is 0 Å². The molecule has 0 bridgehead atoms. The number of rotatable bonds is 6. The Hall–Kier alpha value is -2.74. The monoisotopic (exact) mass is 344 g/mol. The lowest BCUT2D eigenvalue weighted by Gasteiger charge is -2.12. The Morgan fingerprint density at radius 2 is 0.885 bits per heavy atom. The molecule has 3 rings (SSSR count). The molecule has 0 fully saturated rings. The first-order valence-electron chi connectivity index (χ1n) is 9.42. The van der Waals surface area contributed by atoms with Crippen LogP contribution in [0.25, 0.3) is 0 Å². The summed E-state index contributed by atoms with van der Waals surface area (Å²) in [6.45, 7) is 8.72. The molecule has 0 aliphatic rings. The number of anilines is 4. The lowest BCUT2D eigenvalue weighted by atomic mass is 10.1. The van der Waals surface area contributed by atoms with Crippen LogP contribution in [-0.2, 0) is 12.8 Å². The van der Waals surface area contributed by atoms with E-state index in [0.717, 1.165) is 35.6 Å². The Kier molecular flexibility index (Phi) is 5.62. The Balaban J connectivity index is 1.68. The number of benzene rings is 3. The van der Waals surface area contributed by atoms with Gasteiger partial charge in [0.25, 0.3) is 0 Å². The third kappa shape index (κ3) is 4.26. The van der Waals surface area contributed by atoms with Crippen molar-refractivity contribution in [1.29, 1.82) is 0 Å². The summed E-state index contributed by atoms with van der Waals surface area (Å²) in [6, 6.07) is 21.6. The molecule has 0 aliphatic heterocycles. The molecule has 0 aliphatic carbocycles. The van der Waals surface area contributed by atoms with Crippen LogP contribution in [0.15, 0.2) is 60.7 Å². The van der Waals surface area contributed by atoms with Gasteiger partial charge in [-0.2, -0.15) is 0 Å². The second kappa shape index (κ2) is 8.09. The largest absolute Gasteiger partial charge is 0.356 e. The Bertz CT molecular complexity index is 805. The molecule has 2 heteroatoms. The fourth-order valence-electron chi connectivity index (χ4n) is 3.31. The van der Waals surface area contributed by atoms with Crippen LogP contribution in [0.3, 0.4) is 0 Å². The van der Waals surface area contributed by atoms with Crippen molar-refractivity contribution < 1.29 is 0 Å². The molecule has 0 unspecified atom stereocenters. The zero-order valence-corrected chi connectivity index (χ0v) is 16.2. The first kappa shape index (κ1) is 18.1. The van der Waals surface area contributed by atoms with Crippen molar-refractivity contribution in [3.8, 4) is 0 Å². The highest BCUT2D eigenvalue weighted by Crippen LogP contribution is 2.24. The van der Waals surface area contributed by atoms with E-state index in [0.29, 0.717) is 0 Å². The molecule has 0 amide bonds. The number of hydrogen-bond acceptors (Lipinski definition) is 2. The number of hydrogen-bond donors (Lipinski definition) is 2. The summed E-state index contributed by atoms with van der Waals surface area (Å²) < 4.78 is 0. The standard InChI is InChI=1S/C24H28N2/c1-5-19-7-9-23(15-17(19)3)25-21-11-13-22(14-12-21)26-24-10-8-20(6-2)18(4)16-24/h7-16,25-26H,5-6H2,1-4H3. The molecular weight excluding hydrogens is 316 g/mol. The van der Waals surface area contributed by atoms with E-state index in [-0.39, 0.29) is 0 Å². The molecule has 0 radical (unpaired) electrons. The zero-order valence-electron chi connectivity index (χ0n) is 16.2. The Morgan fingerprint density at radius 1 is 0.538 bits per heavy atom. The predicted molar refractivity (Wildman–Crippen MR) is 114 cm³/mol. The van der Waals surface area contributed by atoms with Crippen LogP contribution in [0.4, 0.5) is 22.7 Å². The molecule has 0 heterocycles. The lowest BCUT2D eigenvalue weighted by Crippen LogP contribution is -1.95. The van der Waals surface area contributed by atoms with Crippen LogP contribution < -0.4 is 10.6 Å². The Labute approximate surface area is 157 Å². The van der Waals surface area contributed by atoms with Crippen LogP contribution in [0.1, 0.15) is 36.1 Å².